The molecule has 0 radical (unpaired) electrons. The van der Waals surface area contributed by atoms with Crippen LogP contribution in [0.1, 0.15) is 60.3 Å². The summed E-state index contributed by atoms with van der Waals surface area (Å²) in [5, 5.41) is 0.177. The summed E-state index contributed by atoms with van der Waals surface area (Å²) in [5.74, 6) is 0.112. The smallest absolute Gasteiger partial charge is 0.227 e. The fourth-order valence-corrected chi connectivity index (χ4v) is 3.56. The van der Waals surface area contributed by atoms with E-state index in [9.17, 15) is 4.79 Å². The van der Waals surface area contributed by atoms with Crippen LogP contribution >= 0.6 is 0 Å². The Morgan fingerprint density at radius 1 is 1.19 bits per heavy atom. The lowest BCUT2D eigenvalue weighted by Crippen LogP contribution is -2.47. The van der Waals surface area contributed by atoms with E-state index in [1.165, 1.54) is 12.8 Å². The predicted octanol–water partition coefficient (Wildman–Crippen LogP) is 4.68. The lowest BCUT2D eigenvalue weighted by atomic mass is 9.98. The number of rotatable bonds is 8. The number of carbonyl (C=O) groups excluding carboxylic acids is 1. The van der Waals surface area contributed by atoms with Crippen molar-refractivity contribution in [3.8, 4) is 0 Å². The van der Waals surface area contributed by atoms with Gasteiger partial charge in [-0.3, -0.25) is 4.79 Å². The third-order valence-corrected chi connectivity index (χ3v) is 9.24. The van der Waals surface area contributed by atoms with Gasteiger partial charge in [-0.15, -0.1) is 0 Å². The van der Waals surface area contributed by atoms with E-state index in [1.54, 1.807) is 4.90 Å². The van der Waals surface area contributed by atoms with E-state index in [-0.39, 0.29) is 23.0 Å². The highest BCUT2D eigenvalue weighted by molar-refractivity contribution is 6.74. The second-order valence-electron chi connectivity index (χ2n) is 7.93. The molecule has 0 aliphatic rings. The summed E-state index contributed by atoms with van der Waals surface area (Å²) in [5.41, 5.74) is 0. The number of carbonyl (C=O) groups is 1. The molecular weight excluding hydrogens is 278 g/mol. The molecule has 0 aromatic carbocycles. The van der Waals surface area contributed by atoms with Crippen LogP contribution in [0.4, 0.5) is 0 Å². The number of hydrogen-bond donors (Lipinski definition) is 0. The van der Waals surface area contributed by atoms with Gasteiger partial charge in [0.2, 0.25) is 5.91 Å². The van der Waals surface area contributed by atoms with Crippen molar-refractivity contribution >= 4 is 14.2 Å². The SMILES string of the molecule is CCCCC[C@@H](O[Si](C)(C)C(C)(C)C)[C@@H](C)C(=O)N(C)C. The summed E-state index contributed by atoms with van der Waals surface area (Å²) in [7, 11) is 1.81. The molecule has 0 rings (SSSR count). The lowest BCUT2D eigenvalue weighted by Gasteiger charge is -2.41. The molecule has 0 fully saturated rings. The molecule has 0 unspecified atom stereocenters. The van der Waals surface area contributed by atoms with Crippen LogP contribution in [0.5, 0.6) is 0 Å². The third-order valence-electron chi connectivity index (χ3n) is 4.73. The van der Waals surface area contributed by atoms with Gasteiger partial charge in [-0.25, -0.2) is 0 Å². The molecule has 0 aliphatic heterocycles. The number of unbranched alkanes of at least 4 members (excludes halogenated alkanes) is 2. The number of hydrogen-bond acceptors (Lipinski definition) is 2. The summed E-state index contributed by atoms with van der Waals surface area (Å²) >= 11 is 0. The summed E-state index contributed by atoms with van der Waals surface area (Å²) in [6.07, 6.45) is 4.58. The molecule has 21 heavy (non-hydrogen) atoms. The van der Waals surface area contributed by atoms with Crippen LogP contribution in [-0.2, 0) is 9.22 Å². The molecule has 0 aliphatic carbocycles. The van der Waals surface area contributed by atoms with Crippen LogP contribution in [0.2, 0.25) is 18.1 Å². The van der Waals surface area contributed by atoms with Crippen LogP contribution in [-0.4, -0.2) is 39.3 Å². The molecule has 0 bridgehead atoms. The minimum absolute atomic E-state index is 0.0485. The average molecular weight is 316 g/mol. The Hall–Kier alpha value is -0.353. The predicted molar refractivity (Wildman–Crippen MR) is 94.1 cm³/mol. The Kier molecular flexibility index (Phi) is 8.18. The molecule has 0 heterocycles. The molecule has 2 atom stereocenters. The fourth-order valence-electron chi connectivity index (χ4n) is 2.13. The molecule has 3 nitrogen and oxygen atoms in total. The molecule has 0 spiro atoms. The zero-order valence-corrected chi connectivity index (χ0v) is 16.7. The summed E-state index contributed by atoms with van der Waals surface area (Å²) in [6.45, 7) is 15.5. The largest absolute Gasteiger partial charge is 0.413 e. The molecule has 0 aromatic heterocycles. The second-order valence-corrected chi connectivity index (χ2v) is 12.7. The van der Waals surface area contributed by atoms with Crippen molar-refractivity contribution in [2.24, 2.45) is 5.92 Å². The lowest BCUT2D eigenvalue weighted by molar-refractivity contribution is -0.135. The second kappa shape index (κ2) is 8.32. The Morgan fingerprint density at radius 2 is 1.71 bits per heavy atom. The topological polar surface area (TPSA) is 29.5 Å². The Labute approximate surface area is 133 Å². The Balaban J connectivity index is 5.01. The van der Waals surface area contributed by atoms with Gasteiger partial charge in [0.25, 0.3) is 0 Å². The summed E-state index contributed by atoms with van der Waals surface area (Å²) < 4.78 is 6.57. The van der Waals surface area contributed by atoms with E-state index in [0.717, 1.165) is 12.8 Å². The van der Waals surface area contributed by atoms with Crippen LogP contribution in [0.15, 0.2) is 0 Å². The monoisotopic (exact) mass is 315 g/mol. The highest BCUT2D eigenvalue weighted by Crippen LogP contribution is 2.38. The van der Waals surface area contributed by atoms with Crippen molar-refractivity contribution in [2.75, 3.05) is 14.1 Å². The first-order chi connectivity index (χ1) is 9.44. The van der Waals surface area contributed by atoms with Gasteiger partial charge in [-0.05, 0) is 24.6 Å². The minimum atomic E-state index is -1.84. The zero-order chi connectivity index (χ0) is 16.8. The van der Waals surface area contributed by atoms with E-state index in [1.807, 2.05) is 21.0 Å². The normalized spacial score (nSPS) is 15.7. The first kappa shape index (κ1) is 20.6. The van der Waals surface area contributed by atoms with Gasteiger partial charge in [0.1, 0.15) is 0 Å². The van der Waals surface area contributed by atoms with Gasteiger partial charge in [-0.2, -0.15) is 0 Å². The quantitative estimate of drug-likeness (QED) is 0.481. The highest BCUT2D eigenvalue weighted by atomic mass is 28.4. The maximum atomic E-state index is 12.3. The number of nitrogens with zero attached hydrogens (tertiary/aromatic N) is 1. The van der Waals surface area contributed by atoms with E-state index in [4.69, 9.17) is 4.43 Å². The van der Waals surface area contributed by atoms with Crippen molar-refractivity contribution in [3.05, 3.63) is 0 Å². The Morgan fingerprint density at radius 3 is 2.10 bits per heavy atom. The van der Waals surface area contributed by atoms with Crippen molar-refractivity contribution in [1.29, 1.82) is 0 Å². The molecule has 0 N–H and O–H groups in total. The van der Waals surface area contributed by atoms with E-state index in [2.05, 4.69) is 40.8 Å². The van der Waals surface area contributed by atoms with Crippen molar-refractivity contribution < 1.29 is 9.22 Å². The summed E-state index contributed by atoms with van der Waals surface area (Å²) in [4.78, 5) is 14.0. The van der Waals surface area contributed by atoms with Crippen LogP contribution in [0.3, 0.4) is 0 Å². The van der Waals surface area contributed by atoms with Crippen molar-refractivity contribution in [2.45, 2.75) is 84.5 Å². The Bertz CT molecular complexity index is 321. The molecular formula is C17H37NO2Si. The van der Waals surface area contributed by atoms with Gasteiger partial charge in [0.15, 0.2) is 8.32 Å². The van der Waals surface area contributed by atoms with Crippen molar-refractivity contribution in [1.82, 2.24) is 4.90 Å². The third kappa shape index (κ3) is 6.51. The zero-order valence-electron chi connectivity index (χ0n) is 15.7. The first-order valence-corrected chi connectivity index (χ1v) is 11.2. The first-order valence-electron chi connectivity index (χ1n) is 8.33. The maximum absolute atomic E-state index is 12.3. The molecule has 1 amide bonds. The molecule has 0 saturated carbocycles. The highest BCUT2D eigenvalue weighted by Gasteiger charge is 2.41. The van der Waals surface area contributed by atoms with Gasteiger partial charge >= 0.3 is 0 Å². The van der Waals surface area contributed by atoms with E-state index in [0.29, 0.717) is 0 Å². The van der Waals surface area contributed by atoms with Gasteiger partial charge in [0, 0.05) is 14.1 Å². The average Bonchev–Trinajstić information content (AvgIpc) is 2.34. The van der Waals surface area contributed by atoms with E-state index >= 15 is 0 Å². The van der Waals surface area contributed by atoms with Crippen LogP contribution in [0.25, 0.3) is 0 Å². The molecule has 4 heteroatoms. The van der Waals surface area contributed by atoms with Gasteiger partial charge in [0.05, 0.1) is 12.0 Å². The molecule has 0 aromatic rings. The van der Waals surface area contributed by atoms with E-state index < -0.39 is 8.32 Å². The fraction of sp³-hybridized carbons (Fsp3) is 0.941. The van der Waals surface area contributed by atoms with Gasteiger partial charge in [-0.1, -0.05) is 53.9 Å². The maximum Gasteiger partial charge on any atom is 0.227 e. The van der Waals surface area contributed by atoms with Crippen molar-refractivity contribution in [3.63, 3.8) is 0 Å². The molecule has 0 saturated heterocycles. The minimum Gasteiger partial charge on any atom is -0.413 e. The number of amides is 1. The standard InChI is InChI=1S/C17H37NO2Si/c1-10-11-12-13-15(14(2)16(19)18(6)7)20-21(8,9)17(3,4)5/h14-15H,10-13H2,1-9H3/t14-,15-/m1/s1. The van der Waals surface area contributed by atoms with Crippen LogP contribution in [0, 0.1) is 5.92 Å². The van der Waals surface area contributed by atoms with Crippen LogP contribution < -0.4 is 0 Å². The van der Waals surface area contributed by atoms with Gasteiger partial charge < -0.3 is 9.33 Å². The molecule has 126 valence electrons. The summed E-state index contributed by atoms with van der Waals surface area (Å²) in [6, 6.07) is 0.